The van der Waals surface area contributed by atoms with Crippen LogP contribution in [0.4, 0.5) is 10.7 Å². The first kappa shape index (κ1) is 12.9. The molecule has 20 heavy (non-hydrogen) atoms. The molecule has 2 N–H and O–H groups in total. The van der Waals surface area contributed by atoms with Crippen molar-refractivity contribution in [2.75, 3.05) is 5.32 Å². The van der Waals surface area contributed by atoms with Crippen LogP contribution in [0.3, 0.4) is 0 Å². The van der Waals surface area contributed by atoms with Crippen molar-refractivity contribution in [1.29, 1.82) is 0 Å². The van der Waals surface area contributed by atoms with E-state index >= 15 is 0 Å². The Morgan fingerprint density at radius 2 is 2.20 bits per heavy atom. The predicted molar refractivity (Wildman–Crippen MR) is 75.9 cm³/mol. The van der Waals surface area contributed by atoms with E-state index in [-0.39, 0.29) is 6.61 Å². The number of nitrogens with zero attached hydrogens (tertiary/aromatic N) is 2. The van der Waals surface area contributed by atoms with Gasteiger partial charge in [-0.2, -0.15) is 0 Å². The highest BCUT2D eigenvalue weighted by atomic mass is 32.1. The summed E-state index contributed by atoms with van der Waals surface area (Å²) in [6, 6.07) is 9.84. The molecule has 1 heterocycles. The highest BCUT2D eigenvalue weighted by Crippen LogP contribution is 2.36. The van der Waals surface area contributed by atoms with Gasteiger partial charge in [-0.1, -0.05) is 30.3 Å². The van der Waals surface area contributed by atoms with Gasteiger partial charge in [-0.3, -0.25) is 9.88 Å². The molecule has 0 aliphatic heterocycles. The second kappa shape index (κ2) is 5.46. The molecule has 104 valence electrons. The molecule has 1 aromatic carbocycles. The first-order chi connectivity index (χ1) is 9.74. The van der Waals surface area contributed by atoms with Crippen molar-refractivity contribution in [3.63, 3.8) is 0 Å². The summed E-state index contributed by atoms with van der Waals surface area (Å²) in [6.07, 6.45) is 1.58. The number of carbonyl (C=O) groups excluding carboxylic acids is 1. The van der Waals surface area contributed by atoms with E-state index in [0.717, 1.165) is 18.4 Å². The lowest BCUT2D eigenvalue weighted by molar-refractivity contribution is 0.155. The first-order valence-electron chi connectivity index (χ1n) is 6.38. The topological polar surface area (TPSA) is 71.9 Å². The van der Waals surface area contributed by atoms with Gasteiger partial charge in [0.05, 0.1) is 0 Å². The minimum Gasteiger partial charge on any atom is -0.444 e. The summed E-state index contributed by atoms with van der Waals surface area (Å²) in [5, 5.41) is 9.30. The van der Waals surface area contributed by atoms with Crippen molar-refractivity contribution in [2.45, 2.75) is 25.5 Å². The third kappa shape index (κ3) is 2.88. The fourth-order valence-electron chi connectivity index (χ4n) is 1.91. The second-order valence-corrected chi connectivity index (χ2v) is 5.03. The predicted octanol–water partition coefficient (Wildman–Crippen LogP) is 3.02. The molecule has 1 aliphatic rings. The summed E-state index contributed by atoms with van der Waals surface area (Å²) in [5.41, 5.74) is 0.934. The molecule has 0 atom stereocenters. The molecule has 1 aliphatic carbocycles. The summed E-state index contributed by atoms with van der Waals surface area (Å²) in [5.74, 6) is 0.413. The van der Waals surface area contributed by atoms with Gasteiger partial charge in [0.25, 0.3) is 0 Å². The third-order valence-corrected chi connectivity index (χ3v) is 3.33. The lowest BCUT2D eigenvalue weighted by Crippen LogP contribution is -2.17. The quantitative estimate of drug-likeness (QED) is 0.849. The maximum atomic E-state index is 11.8. The Balaban J connectivity index is 1.60. The SMILES string of the molecule is O=C(Nc1n[nH]c(=S)n1C1CC1)OCc1ccccc1. The lowest BCUT2D eigenvalue weighted by atomic mass is 10.2. The van der Waals surface area contributed by atoms with Gasteiger partial charge in [0.1, 0.15) is 6.61 Å². The Kier molecular flexibility index (Phi) is 3.51. The molecule has 3 rings (SSSR count). The molecule has 0 saturated heterocycles. The highest BCUT2D eigenvalue weighted by Gasteiger charge is 2.28. The number of aromatic nitrogens is 3. The highest BCUT2D eigenvalue weighted by molar-refractivity contribution is 7.71. The Hall–Kier alpha value is -2.15. The smallest absolute Gasteiger partial charge is 0.414 e. The summed E-state index contributed by atoms with van der Waals surface area (Å²) >= 11 is 5.14. The normalized spacial score (nSPS) is 14.0. The standard InChI is InChI=1S/C13H14N4O2S/c18-13(19-8-9-4-2-1-3-5-9)14-11-15-16-12(20)17(11)10-6-7-10/h1-5,10H,6-8H2,(H,16,20)(H,14,15,18). The maximum absolute atomic E-state index is 11.8. The molecule has 0 radical (unpaired) electrons. The van der Waals surface area contributed by atoms with Crippen molar-refractivity contribution >= 4 is 24.3 Å². The number of aromatic amines is 1. The number of benzene rings is 1. The molecule has 0 bridgehead atoms. The molecular weight excluding hydrogens is 276 g/mol. The van der Waals surface area contributed by atoms with Gasteiger partial charge in [-0.25, -0.2) is 9.89 Å². The number of anilines is 1. The number of ether oxygens (including phenoxy) is 1. The van der Waals surface area contributed by atoms with Crippen molar-refractivity contribution in [2.24, 2.45) is 0 Å². The van der Waals surface area contributed by atoms with Crippen LogP contribution in [0, 0.1) is 4.77 Å². The first-order valence-corrected chi connectivity index (χ1v) is 6.79. The van der Waals surface area contributed by atoms with Crippen LogP contribution in [0.5, 0.6) is 0 Å². The molecule has 6 nitrogen and oxygen atoms in total. The number of rotatable bonds is 4. The number of amides is 1. The minimum atomic E-state index is -0.537. The van der Waals surface area contributed by atoms with Gasteiger partial charge in [0, 0.05) is 6.04 Å². The largest absolute Gasteiger partial charge is 0.444 e. The van der Waals surface area contributed by atoms with Gasteiger partial charge < -0.3 is 4.74 Å². The van der Waals surface area contributed by atoms with E-state index in [1.807, 2.05) is 34.9 Å². The number of nitrogens with one attached hydrogen (secondary N) is 2. The molecule has 1 saturated carbocycles. The zero-order valence-electron chi connectivity index (χ0n) is 10.7. The van der Waals surface area contributed by atoms with Gasteiger partial charge in [0.15, 0.2) is 4.77 Å². The molecule has 1 amide bonds. The fraction of sp³-hybridized carbons (Fsp3) is 0.308. The van der Waals surface area contributed by atoms with Gasteiger partial charge in [-0.05, 0) is 30.6 Å². The zero-order valence-corrected chi connectivity index (χ0v) is 11.5. The van der Waals surface area contributed by atoms with E-state index in [4.69, 9.17) is 17.0 Å². The van der Waals surface area contributed by atoms with Crippen molar-refractivity contribution in [1.82, 2.24) is 14.8 Å². The van der Waals surface area contributed by atoms with Crippen LogP contribution in [-0.4, -0.2) is 20.9 Å². The van der Waals surface area contributed by atoms with Gasteiger partial charge in [0.2, 0.25) is 5.95 Å². The van der Waals surface area contributed by atoms with Crippen LogP contribution in [0.1, 0.15) is 24.4 Å². The molecule has 1 fully saturated rings. The Morgan fingerprint density at radius 1 is 1.45 bits per heavy atom. The zero-order chi connectivity index (χ0) is 13.9. The molecule has 2 aromatic rings. The molecular formula is C13H14N4O2S. The Morgan fingerprint density at radius 3 is 2.90 bits per heavy atom. The van der Waals surface area contributed by atoms with Gasteiger partial charge in [-0.15, -0.1) is 5.10 Å². The van der Waals surface area contributed by atoms with E-state index < -0.39 is 6.09 Å². The van der Waals surface area contributed by atoms with E-state index in [1.165, 1.54) is 0 Å². The Labute approximate surface area is 120 Å². The van der Waals surface area contributed by atoms with E-state index in [1.54, 1.807) is 0 Å². The average molecular weight is 290 g/mol. The van der Waals surface area contributed by atoms with E-state index in [9.17, 15) is 4.79 Å². The number of H-pyrrole nitrogens is 1. The molecule has 1 aromatic heterocycles. The summed E-state index contributed by atoms with van der Waals surface area (Å²) in [4.78, 5) is 11.8. The number of hydrogen-bond donors (Lipinski definition) is 2. The Bertz CT molecular complexity index is 661. The van der Waals surface area contributed by atoms with Crippen LogP contribution in [0.25, 0.3) is 0 Å². The lowest BCUT2D eigenvalue weighted by Gasteiger charge is -2.07. The van der Waals surface area contributed by atoms with E-state index in [2.05, 4.69) is 15.5 Å². The maximum Gasteiger partial charge on any atom is 0.414 e. The number of hydrogen-bond acceptors (Lipinski definition) is 4. The molecule has 0 unspecified atom stereocenters. The summed E-state index contributed by atoms with van der Waals surface area (Å²) in [7, 11) is 0. The molecule has 0 spiro atoms. The van der Waals surface area contributed by atoms with E-state index in [0.29, 0.717) is 16.8 Å². The van der Waals surface area contributed by atoms with Crippen molar-refractivity contribution in [3.05, 3.63) is 40.7 Å². The fourth-order valence-corrected chi connectivity index (χ4v) is 2.20. The van der Waals surface area contributed by atoms with Gasteiger partial charge >= 0.3 is 6.09 Å². The second-order valence-electron chi connectivity index (χ2n) is 4.64. The van der Waals surface area contributed by atoms with Crippen molar-refractivity contribution in [3.8, 4) is 0 Å². The van der Waals surface area contributed by atoms with Crippen molar-refractivity contribution < 1.29 is 9.53 Å². The van der Waals surface area contributed by atoms with Crippen LogP contribution in [0.2, 0.25) is 0 Å². The van der Waals surface area contributed by atoms with Crippen LogP contribution >= 0.6 is 12.2 Å². The average Bonchev–Trinajstić information content (AvgIpc) is 3.23. The summed E-state index contributed by atoms with van der Waals surface area (Å²) in [6.45, 7) is 0.223. The number of carbonyl (C=O) groups is 1. The van der Waals surface area contributed by atoms with Crippen LogP contribution in [-0.2, 0) is 11.3 Å². The molecule has 7 heteroatoms. The minimum absolute atomic E-state index is 0.223. The van der Waals surface area contributed by atoms with Crippen LogP contribution in [0.15, 0.2) is 30.3 Å². The van der Waals surface area contributed by atoms with Crippen LogP contribution < -0.4 is 5.32 Å². The third-order valence-electron chi connectivity index (χ3n) is 3.04. The summed E-state index contributed by atoms with van der Waals surface area (Å²) < 4.78 is 7.48. The monoisotopic (exact) mass is 290 g/mol.